The van der Waals surface area contributed by atoms with Crippen molar-refractivity contribution in [2.75, 3.05) is 13.1 Å². The van der Waals surface area contributed by atoms with Gasteiger partial charge >= 0.3 is 0 Å². The fraction of sp³-hybridized carbons (Fsp3) is 0.647. The number of piperidine rings is 1. The van der Waals surface area contributed by atoms with Gasteiger partial charge in [-0.1, -0.05) is 19.3 Å². The fourth-order valence-corrected chi connectivity index (χ4v) is 5.01. The van der Waals surface area contributed by atoms with Crippen LogP contribution in [0.1, 0.15) is 44.9 Å². The molecular weight excluding hydrogens is 326 g/mol. The molecule has 1 aliphatic carbocycles. The van der Waals surface area contributed by atoms with Gasteiger partial charge < -0.3 is 5.32 Å². The highest BCUT2D eigenvalue weighted by molar-refractivity contribution is 7.89. The molecule has 2 aliphatic rings. The molecule has 0 spiro atoms. The van der Waals surface area contributed by atoms with E-state index in [-0.39, 0.29) is 16.7 Å². The van der Waals surface area contributed by atoms with Gasteiger partial charge in [-0.25, -0.2) is 8.42 Å². The molecule has 0 bridgehead atoms. The molecule has 0 atom stereocenters. The van der Waals surface area contributed by atoms with Crippen LogP contribution in [0, 0.1) is 5.92 Å². The number of hydrogen-bond donors (Lipinski definition) is 1. The van der Waals surface area contributed by atoms with Crippen molar-refractivity contribution in [1.82, 2.24) is 14.6 Å². The van der Waals surface area contributed by atoms with E-state index in [1.54, 1.807) is 18.3 Å². The molecular formula is C17H25N3O3S. The van der Waals surface area contributed by atoms with E-state index in [0.717, 1.165) is 12.8 Å². The summed E-state index contributed by atoms with van der Waals surface area (Å²) in [7, 11) is -3.50. The summed E-state index contributed by atoms with van der Waals surface area (Å²) in [5.41, 5.74) is 0. The number of carbonyl (C=O) groups is 1. The van der Waals surface area contributed by atoms with Gasteiger partial charge in [-0.05, 0) is 37.8 Å². The zero-order chi connectivity index (χ0) is 17.0. The second-order valence-electron chi connectivity index (χ2n) is 6.71. The summed E-state index contributed by atoms with van der Waals surface area (Å²) in [6, 6.07) is 3.49. The molecule has 0 aromatic carbocycles. The molecule has 6 nitrogen and oxygen atoms in total. The highest BCUT2D eigenvalue weighted by atomic mass is 32.2. The second kappa shape index (κ2) is 7.61. The molecule has 24 heavy (non-hydrogen) atoms. The molecule has 1 aliphatic heterocycles. The number of hydrogen-bond acceptors (Lipinski definition) is 4. The molecule has 2 fully saturated rings. The molecule has 1 N–H and O–H groups in total. The first-order valence-electron chi connectivity index (χ1n) is 8.78. The maximum Gasteiger partial charge on any atom is 0.244 e. The van der Waals surface area contributed by atoms with E-state index < -0.39 is 10.0 Å². The predicted molar refractivity (Wildman–Crippen MR) is 90.7 cm³/mol. The van der Waals surface area contributed by atoms with Gasteiger partial charge in [-0.2, -0.15) is 4.31 Å². The Hall–Kier alpha value is -1.47. The van der Waals surface area contributed by atoms with E-state index in [4.69, 9.17) is 0 Å². The Morgan fingerprint density at radius 2 is 1.83 bits per heavy atom. The molecule has 1 aromatic heterocycles. The van der Waals surface area contributed by atoms with Crippen LogP contribution < -0.4 is 5.32 Å². The van der Waals surface area contributed by atoms with E-state index in [1.165, 1.54) is 29.8 Å². The molecule has 132 valence electrons. The number of rotatable bonds is 4. The van der Waals surface area contributed by atoms with Crippen molar-refractivity contribution in [2.24, 2.45) is 5.92 Å². The smallest absolute Gasteiger partial charge is 0.244 e. The molecule has 1 saturated heterocycles. The first-order valence-corrected chi connectivity index (χ1v) is 10.2. The lowest BCUT2D eigenvalue weighted by atomic mass is 9.93. The van der Waals surface area contributed by atoms with Crippen LogP contribution in [0.5, 0.6) is 0 Å². The summed E-state index contributed by atoms with van der Waals surface area (Å²) < 4.78 is 26.6. The van der Waals surface area contributed by atoms with Crippen LogP contribution in [-0.4, -0.2) is 42.7 Å². The van der Waals surface area contributed by atoms with E-state index in [9.17, 15) is 13.2 Å². The molecule has 0 unspecified atom stereocenters. The number of pyridine rings is 1. The lowest BCUT2D eigenvalue weighted by Crippen LogP contribution is -2.45. The van der Waals surface area contributed by atoms with Crippen molar-refractivity contribution in [3.63, 3.8) is 0 Å². The third kappa shape index (κ3) is 3.95. The van der Waals surface area contributed by atoms with Crippen molar-refractivity contribution in [3.05, 3.63) is 24.5 Å². The Kier molecular flexibility index (Phi) is 5.50. The zero-order valence-corrected chi connectivity index (χ0v) is 14.7. The number of nitrogens with one attached hydrogen (secondary N) is 1. The van der Waals surface area contributed by atoms with Crippen molar-refractivity contribution in [1.29, 1.82) is 0 Å². The van der Waals surface area contributed by atoms with Gasteiger partial charge in [0.2, 0.25) is 15.9 Å². The van der Waals surface area contributed by atoms with E-state index in [0.29, 0.717) is 32.0 Å². The van der Waals surface area contributed by atoms with Crippen LogP contribution in [0.3, 0.4) is 0 Å². The Balaban J connectivity index is 1.54. The molecule has 7 heteroatoms. The third-order valence-electron chi connectivity index (χ3n) is 5.05. The van der Waals surface area contributed by atoms with Gasteiger partial charge in [0.1, 0.15) is 4.90 Å². The average molecular weight is 351 g/mol. The summed E-state index contributed by atoms with van der Waals surface area (Å²) in [4.78, 5) is 16.5. The Morgan fingerprint density at radius 1 is 1.12 bits per heavy atom. The zero-order valence-electron chi connectivity index (χ0n) is 13.9. The van der Waals surface area contributed by atoms with Crippen molar-refractivity contribution >= 4 is 15.9 Å². The normalized spacial score (nSPS) is 21.5. The maximum absolute atomic E-state index is 12.6. The van der Waals surface area contributed by atoms with Crippen LogP contribution in [0.4, 0.5) is 0 Å². The lowest BCUT2D eigenvalue weighted by Gasteiger charge is -2.32. The first-order chi connectivity index (χ1) is 11.6. The number of amides is 1. The molecule has 0 radical (unpaired) electrons. The minimum Gasteiger partial charge on any atom is -0.353 e. The van der Waals surface area contributed by atoms with Crippen LogP contribution in [0.15, 0.2) is 29.4 Å². The van der Waals surface area contributed by atoms with Gasteiger partial charge in [-0.3, -0.25) is 9.78 Å². The maximum atomic E-state index is 12.6. The van der Waals surface area contributed by atoms with Crippen molar-refractivity contribution in [2.45, 2.75) is 55.9 Å². The van der Waals surface area contributed by atoms with E-state index >= 15 is 0 Å². The minimum atomic E-state index is -3.50. The monoisotopic (exact) mass is 351 g/mol. The topological polar surface area (TPSA) is 79.4 Å². The number of sulfonamides is 1. The fourth-order valence-electron chi connectivity index (χ4n) is 3.57. The summed E-state index contributed by atoms with van der Waals surface area (Å²) >= 11 is 0. The summed E-state index contributed by atoms with van der Waals surface area (Å²) in [5, 5.41) is 3.16. The van der Waals surface area contributed by atoms with Crippen LogP contribution >= 0.6 is 0 Å². The molecule has 3 rings (SSSR count). The Morgan fingerprint density at radius 3 is 2.46 bits per heavy atom. The van der Waals surface area contributed by atoms with Gasteiger partial charge in [-0.15, -0.1) is 0 Å². The molecule has 1 aromatic rings. The van der Waals surface area contributed by atoms with Crippen LogP contribution in [-0.2, 0) is 14.8 Å². The summed E-state index contributed by atoms with van der Waals surface area (Å²) in [6.45, 7) is 0.778. The van der Waals surface area contributed by atoms with Crippen LogP contribution in [0.2, 0.25) is 0 Å². The quantitative estimate of drug-likeness (QED) is 0.899. The summed E-state index contributed by atoms with van der Waals surface area (Å²) in [5.74, 6) is 0.0209. The highest BCUT2D eigenvalue weighted by Gasteiger charge is 2.32. The number of carbonyl (C=O) groups excluding carboxylic acids is 1. The average Bonchev–Trinajstić information content (AvgIpc) is 2.63. The first kappa shape index (κ1) is 17.4. The lowest BCUT2D eigenvalue weighted by molar-refractivity contribution is -0.127. The molecule has 2 heterocycles. The standard InChI is InChI=1S/C17H25N3O3S/c21-17(19-15-5-2-1-3-6-15)14-8-11-20(12-9-14)24(22,23)16-7-4-10-18-13-16/h4,7,10,13-15H,1-3,5-6,8-9,11-12H2,(H,19,21). The van der Waals surface area contributed by atoms with Crippen LogP contribution in [0.25, 0.3) is 0 Å². The second-order valence-corrected chi connectivity index (χ2v) is 8.65. The van der Waals surface area contributed by atoms with Gasteiger partial charge in [0.25, 0.3) is 0 Å². The largest absolute Gasteiger partial charge is 0.353 e. The van der Waals surface area contributed by atoms with E-state index in [2.05, 4.69) is 10.3 Å². The van der Waals surface area contributed by atoms with Crippen molar-refractivity contribution < 1.29 is 13.2 Å². The number of nitrogens with zero attached hydrogens (tertiary/aromatic N) is 2. The van der Waals surface area contributed by atoms with Gasteiger partial charge in [0.15, 0.2) is 0 Å². The Bertz CT molecular complexity index is 649. The van der Waals surface area contributed by atoms with Gasteiger partial charge in [0.05, 0.1) is 0 Å². The molecule has 1 amide bonds. The van der Waals surface area contributed by atoms with Crippen molar-refractivity contribution in [3.8, 4) is 0 Å². The predicted octanol–water partition coefficient (Wildman–Crippen LogP) is 1.93. The minimum absolute atomic E-state index is 0.0766. The van der Waals surface area contributed by atoms with Gasteiger partial charge in [0, 0.05) is 37.4 Å². The SMILES string of the molecule is O=C(NC1CCCCC1)C1CCN(S(=O)(=O)c2cccnc2)CC1. The Labute approximate surface area is 143 Å². The highest BCUT2D eigenvalue weighted by Crippen LogP contribution is 2.24. The summed E-state index contributed by atoms with van der Waals surface area (Å²) in [6.07, 6.45) is 9.87. The third-order valence-corrected chi connectivity index (χ3v) is 6.93. The van der Waals surface area contributed by atoms with E-state index in [1.807, 2.05) is 0 Å². The number of aromatic nitrogens is 1. The molecule has 1 saturated carbocycles.